The van der Waals surface area contributed by atoms with Crippen LogP contribution < -0.4 is 19.7 Å². The van der Waals surface area contributed by atoms with Crippen LogP contribution in [0.4, 0.5) is 11.4 Å². The first-order chi connectivity index (χ1) is 13.4. The standard InChI is InChI=1S/C20H27N3O4S/c1-15(26-2)16-5-4-6-17(13-16)22-28(24,25)18-7-8-20(27-3)19(14-18)23-11-9-21-10-12-23/h4-8,13-15,21-22H,9-12H2,1-3H3. The van der Waals surface area contributed by atoms with Crippen molar-refractivity contribution in [2.75, 3.05) is 50.0 Å². The van der Waals surface area contributed by atoms with Gasteiger partial charge in [-0.05, 0) is 42.8 Å². The largest absolute Gasteiger partial charge is 0.495 e. The van der Waals surface area contributed by atoms with Gasteiger partial charge in [-0.25, -0.2) is 8.42 Å². The van der Waals surface area contributed by atoms with Crippen molar-refractivity contribution in [1.82, 2.24) is 5.32 Å². The summed E-state index contributed by atoms with van der Waals surface area (Å²) in [6, 6.07) is 12.2. The van der Waals surface area contributed by atoms with Gasteiger partial charge in [0.15, 0.2) is 0 Å². The quantitative estimate of drug-likeness (QED) is 0.737. The van der Waals surface area contributed by atoms with Gasteiger partial charge in [0.25, 0.3) is 10.0 Å². The second-order valence-corrected chi connectivity index (χ2v) is 8.36. The second-order valence-electron chi connectivity index (χ2n) is 6.68. The molecule has 0 radical (unpaired) electrons. The first-order valence-corrected chi connectivity index (χ1v) is 10.7. The fraction of sp³-hybridized carbons (Fsp3) is 0.400. The number of ether oxygens (including phenoxy) is 2. The molecule has 2 N–H and O–H groups in total. The number of rotatable bonds is 7. The Morgan fingerprint density at radius 2 is 1.86 bits per heavy atom. The van der Waals surface area contributed by atoms with Crippen LogP contribution in [0, 0.1) is 0 Å². The van der Waals surface area contributed by atoms with Gasteiger partial charge < -0.3 is 19.7 Å². The monoisotopic (exact) mass is 405 g/mol. The van der Waals surface area contributed by atoms with Crippen molar-refractivity contribution in [3.63, 3.8) is 0 Å². The van der Waals surface area contributed by atoms with Gasteiger partial charge in [-0.2, -0.15) is 0 Å². The third-order valence-corrected chi connectivity index (χ3v) is 6.26. The Hall–Kier alpha value is -2.29. The zero-order valence-electron chi connectivity index (χ0n) is 16.4. The topological polar surface area (TPSA) is 79.9 Å². The van der Waals surface area contributed by atoms with Gasteiger partial charge in [-0.15, -0.1) is 0 Å². The minimum absolute atomic E-state index is 0.121. The van der Waals surface area contributed by atoms with E-state index in [1.807, 2.05) is 19.1 Å². The lowest BCUT2D eigenvalue weighted by Crippen LogP contribution is -2.43. The number of hydrogen-bond acceptors (Lipinski definition) is 6. The zero-order chi connectivity index (χ0) is 20.1. The SMILES string of the molecule is COc1ccc(S(=O)(=O)Nc2cccc(C(C)OC)c2)cc1N1CCNCC1. The molecule has 0 spiro atoms. The number of nitrogens with zero attached hydrogens (tertiary/aromatic N) is 1. The van der Waals surface area contributed by atoms with Crippen LogP contribution in [0.5, 0.6) is 5.75 Å². The summed E-state index contributed by atoms with van der Waals surface area (Å²) in [7, 11) is -0.523. The van der Waals surface area contributed by atoms with Gasteiger partial charge >= 0.3 is 0 Å². The Morgan fingerprint density at radius 3 is 2.54 bits per heavy atom. The molecule has 1 atom stereocenters. The molecule has 1 aliphatic rings. The van der Waals surface area contributed by atoms with Gasteiger partial charge in [-0.3, -0.25) is 4.72 Å². The highest BCUT2D eigenvalue weighted by atomic mass is 32.2. The molecular formula is C20H27N3O4S. The van der Waals surface area contributed by atoms with Crippen LogP contribution in [-0.2, 0) is 14.8 Å². The molecule has 3 rings (SSSR count). The molecule has 0 aliphatic carbocycles. The van der Waals surface area contributed by atoms with E-state index in [4.69, 9.17) is 9.47 Å². The molecule has 0 bridgehead atoms. The van der Waals surface area contributed by atoms with Crippen LogP contribution in [0.15, 0.2) is 47.4 Å². The summed E-state index contributed by atoms with van der Waals surface area (Å²) in [6.07, 6.45) is -0.121. The predicted molar refractivity (Wildman–Crippen MR) is 111 cm³/mol. The molecule has 7 nitrogen and oxygen atoms in total. The van der Waals surface area contributed by atoms with Crippen molar-refractivity contribution in [3.8, 4) is 5.75 Å². The van der Waals surface area contributed by atoms with Crippen LogP contribution in [-0.4, -0.2) is 48.8 Å². The normalized spacial score (nSPS) is 15.9. The van der Waals surface area contributed by atoms with Crippen molar-refractivity contribution in [1.29, 1.82) is 0 Å². The number of benzene rings is 2. The average Bonchev–Trinajstić information content (AvgIpc) is 2.73. The van der Waals surface area contributed by atoms with E-state index in [0.29, 0.717) is 11.4 Å². The van der Waals surface area contributed by atoms with Crippen LogP contribution in [0.1, 0.15) is 18.6 Å². The minimum Gasteiger partial charge on any atom is -0.495 e. The maximum absolute atomic E-state index is 13.0. The minimum atomic E-state index is -3.74. The van der Waals surface area contributed by atoms with E-state index in [-0.39, 0.29) is 11.0 Å². The number of methoxy groups -OCH3 is 2. The summed E-state index contributed by atoms with van der Waals surface area (Å²) in [5.41, 5.74) is 2.19. The van der Waals surface area contributed by atoms with Gasteiger partial charge in [0.2, 0.25) is 0 Å². The molecule has 1 fully saturated rings. The summed E-state index contributed by atoms with van der Waals surface area (Å²) in [6.45, 7) is 5.21. The van der Waals surface area contributed by atoms with E-state index in [0.717, 1.165) is 37.4 Å². The van der Waals surface area contributed by atoms with Crippen molar-refractivity contribution in [3.05, 3.63) is 48.0 Å². The maximum Gasteiger partial charge on any atom is 0.261 e. The highest BCUT2D eigenvalue weighted by molar-refractivity contribution is 7.92. The van der Waals surface area contributed by atoms with E-state index >= 15 is 0 Å². The van der Waals surface area contributed by atoms with Crippen LogP contribution >= 0.6 is 0 Å². The van der Waals surface area contributed by atoms with Gasteiger partial charge in [0, 0.05) is 39.0 Å². The summed E-state index contributed by atoms with van der Waals surface area (Å²) in [5.74, 6) is 0.664. The van der Waals surface area contributed by atoms with E-state index in [2.05, 4.69) is 14.9 Å². The van der Waals surface area contributed by atoms with E-state index in [9.17, 15) is 8.42 Å². The Balaban J connectivity index is 1.89. The van der Waals surface area contributed by atoms with Gasteiger partial charge in [-0.1, -0.05) is 12.1 Å². The Labute approximate surface area is 166 Å². The first kappa shape index (κ1) is 20.4. The molecule has 1 heterocycles. The van der Waals surface area contributed by atoms with Crippen molar-refractivity contribution >= 4 is 21.4 Å². The molecule has 8 heteroatoms. The number of piperazine rings is 1. The molecule has 1 saturated heterocycles. The zero-order valence-corrected chi connectivity index (χ0v) is 17.3. The Kier molecular flexibility index (Phi) is 6.43. The summed E-state index contributed by atoms with van der Waals surface area (Å²) in [4.78, 5) is 2.34. The second kappa shape index (κ2) is 8.81. The highest BCUT2D eigenvalue weighted by Gasteiger charge is 2.21. The molecular weight excluding hydrogens is 378 g/mol. The molecule has 1 unspecified atom stereocenters. The molecule has 1 aliphatic heterocycles. The molecule has 152 valence electrons. The number of hydrogen-bond donors (Lipinski definition) is 2. The van der Waals surface area contributed by atoms with Gasteiger partial charge in [0.05, 0.1) is 23.8 Å². The molecule has 0 aromatic heterocycles. The number of sulfonamides is 1. The third kappa shape index (κ3) is 4.57. The average molecular weight is 406 g/mol. The van der Waals surface area contributed by atoms with Crippen molar-refractivity contribution < 1.29 is 17.9 Å². The molecule has 28 heavy (non-hydrogen) atoms. The molecule has 2 aromatic rings. The predicted octanol–water partition coefficient (Wildman–Crippen LogP) is 2.61. The first-order valence-electron chi connectivity index (χ1n) is 9.24. The summed E-state index contributed by atoms with van der Waals surface area (Å²) >= 11 is 0. The van der Waals surface area contributed by atoms with E-state index in [1.54, 1.807) is 44.6 Å². The summed E-state index contributed by atoms with van der Waals surface area (Å²) < 4.78 is 39.4. The fourth-order valence-corrected chi connectivity index (χ4v) is 4.26. The highest BCUT2D eigenvalue weighted by Crippen LogP contribution is 2.32. The lowest BCUT2D eigenvalue weighted by Gasteiger charge is -2.30. The lowest BCUT2D eigenvalue weighted by molar-refractivity contribution is 0.119. The van der Waals surface area contributed by atoms with E-state index in [1.165, 1.54) is 0 Å². The van der Waals surface area contributed by atoms with Crippen molar-refractivity contribution in [2.24, 2.45) is 0 Å². The molecule has 0 amide bonds. The Morgan fingerprint density at radius 1 is 1.11 bits per heavy atom. The third-order valence-electron chi connectivity index (χ3n) is 4.88. The van der Waals surface area contributed by atoms with Gasteiger partial charge in [0.1, 0.15) is 5.75 Å². The number of anilines is 2. The number of nitrogens with one attached hydrogen (secondary N) is 2. The Bertz CT molecular complexity index is 911. The lowest BCUT2D eigenvalue weighted by atomic mass is 10.1. The molecule has 2 aromatic carbocycles. The van der Waals surface area contributed by atoms with Crippen LogP contribution in [0.2, 0.25) is 0 Å². The maximum atomic E-state index is 13.0. The van der Waals surface area contributed by atoms with Crippen molar-refractivity contribution in [2.45, 2.75) is 17.9 Å². The molecule has 0 saturated carbocycles. The smallest absolute Gasteiger partial charge is 0.261 e. The van der Waals surface area contributed by atoms with Crippen LogP contribution in [0.25, 0.3) is 0 Å². The van der Waals surface area contributed by atoms with Crippen LogP contribution in [0.3, 0.4) is 0 Å². The summed E-state index contributed by atoms with van der Waals surface area (Å²) in [5, 5.41) is 3.30. The van der Waals surface area contributed by atoms with E-state index < -0.39 is 10.0 Å². The fourth-order valence-electron chi connectivity index (χ4n) is 3.19.